The minimum atomic E-state index is -2.73. The molecule has 0 aromatic heterocycles. The smallest absolute Gasteiger partial charge is 0.339 e. The molecule has 4 nitrogen and oxygen atoms in total. The Bertz CT molecular complexity index is 392. The summed E-state index contributed by atoms with van der Waals surface area (Å²) in [5.41, 5.74) is -0.561. The Hall–Kier alpha value is -1.69. The minimum absolute atomic E-state index is 0.170. The Balaban J connectivity index is 3.03. The lowest BCUT2D eigenvalue weighted by molar-refractivity contribution is -0.150. The van der Waals surface area contributed by atoms with Gasteiger partial charge in [-0.2, -0.15) is 0 Å². The van der Waals surface area contributed by atoms with E-state index in [-0.39, 0.29) is 5.56 Å². The Morgan fingerprint density at radius 2 is 2.06 bits per heavy atom. The van der Waals surface area contributed by atoms with Crippen molar-refractivity contribution in [1.82, 2.24) is 0 Å². The molecular formula is C10H10F2O4. The second-order valence-corrected chi connectivity index (χ2v) is 3.04. The SMILES string of the molecule is COC(=O)C(O)c1ccc(C(F)F)cc1O. The molecule has 0 aliphatic rings. The van der Waals surface area contributed by atoms with Crippen LogP contribution in [-0.4, -0.2) is 23.3 Å². The van der Waals surface area contributed by atoms with E-state index in [2.05, 4.69) is 4.74 Å². The van der Waals surface area contributed by atoms with Crippen LogP contribution >= 0.6 is 0 Å². The number of rotatable bonds is 3. The number of aromatic hydroxyl groups is 1. The summed E-state index contributed by atoms with van der Waals surface area (Å²) in [5, 5.41) is 18.7. The Labute approximate surface area is 90.1 Å². The molecule has 6 heteroatoms. The van der Waals surface area contributed by atoms with Gasteiger partial charge >= 0.3 is 5.97 Å². The maximum absolute atomic E-state index is 12.2. The van der Waals surface area contributed by atoms with E-state index < -0.39 is 29.8 Å². The molecule has 0 saturated carbocycles. The molecular weight excluding hydrogens is 222 g/mol. The van der Waals surface area contributed by atoms with Crippen molar-refractivity contribution >= 4 is 5.97 Å². The molecule has 0 spiro atoms. The zero-order valence-corrected chi connectivity index (χ0v) is 8.35. The molecule has 0 radical (unpaired) electrons. The van der Waals surface area contributed by atoms with Crippen molar-refractivity contribution in [2.24, 2.45) is 0 Å². The Morgan fingerprint density at radius 1 is 1.44 bits per heavy atom. The van der Waals surface area contributed by atoms with Gasteiger partial charge in [-0.25, -0.2) is 13.6 Å². The van der Waals surface area contributed by atoms with Gasteiger partial charge in [0.2, 0.25) is 0 Å². The quantitative estimate of drug-likeness (QED) is 0.775. The number of esters is 1. The van der Waals surface area contributed by atoms with Crippen molar-refractivity contribution < 1.29 is 28.5 Å². The second kappa shape index (κ2) is 4.89. The van der Waals surface area contributed by atoms with E-state index in [4.69, 9.17) is 0 Å². The van der Waals surface area contributed by atoms with Crippen LogP contribution in [0.15, 0.2) is 18.2 Å². The van der Waals surface area contributed by atoms with E-state index >= 15 is 0 Å². The van der Waals surface area contributed by atoms with Crippen LogP contribution in [0.25, 0.3) is 0 Å². The fourth-order valence-electron chi connectivity index (χ4n) is 1.17. The highest BCUT2D eigenvalue weighted by molar-refractivity contribution is 5.77. The van der Waals surface area contributed by atoms with Gasteiger partial charge in [-0.1, -0.05) is 12.1 Å². The maximum Gasteiger partial charge on any atom is 0.339 e. The summed E-state index contributed by atoms with van der Waals surface area (Å²) in [4.78, 5) is 11.0. The van der Waals surface area contributed by atoms with Gasteiger partial charge in [-0.15, -0.1) is 0 Å². The number of aliphatic hydroxyl groups is 1. The number of phenols is 1. The summed E-state index contributed by atoms with van der Waals surface area (Å²) in [6.07, 6.45) is -4.41. The third-order valence-corrected chi connectivity index (χ3v) is 2.03. The highest BCUT2D eigenvalue weighted by Crippen LogP contribution is 2.29. The molecule has 0 fully saturated rings. The first-order valence-corrected chi connectivity index (χ1v) is 4.34. The van der Waals surface area contributed by atoms with Gasteiger partial charge in [-0.05, 0) is 6.07 Å². The van der Waals surface area contributed by atoms with Gasteiger partial charge in [0.15, 0.2) is 6.10 Å². The van der Waals surface area contributed by atoms with Gasteiger partial charge in [-0.3, -0.25) is 0 Å². The number of methoxy groups -OCH3 is 1. The van der Waals surface area contributed by atoms with E-state index in [0.717, 1.165) is 25.3 Å². The Morgan fingerprint density at radius 3 is 2.50 bits per heavy atom. The molecule has 1 aromatic carbocycles. The number of alkyl halides is 2. The fourth-order valence-corrected chi connectivity index (χ4v) is 1.17. The zero-order chi connectivity index (χ0) is 12.3. The standard InChI is InChI=1S/C10H10F2O4/c1-16-10(15)8(14)6-3-2-5(9(11)12)4-7(6)13/h2-4,8-9,13-14H,1H3. The maximum atomic E-state index is 12.2. The monoisotopic (exact) mass is 232 g/mol. The lowest BCUT2D eigenvalue weighted by Crippen LogP contribution is -2.13. The molecule has 1 atom stereocenters. The summed E-state index contributed by atoms with van der Waals surface area (Å²) in [7, 11) is 1.07. The lowest BCUT2D eigenvalue weighted by atomic mass is 10.1. The zero-order valence-electron chi connectivity index (χ0n) is 8.35. The highest BCUT2D eigenvalue weighted by atomic mass is 19.3. The van der Waals surface area contributed by atoms with Crippen molar-refractivity contribution in [2.45, 2.75) is 12.5 Å². The first-order valence-electron chi connectivity index (χ1n) is 4.34. The predicted molar refractivity (Wildman–Crippen MR) is 50.0 cm³/mol. The third-order valence-electron chi connectivity index (χ3n) is 2.03. The summed E-state index contributed by atoms with van der Waals surface area (Å²) < 4.78 is 28.7. The van der Waals surface area contributed by atoms with Crippen molar-refractivity contribution in [2.75, 3.05) is 7.11 Å². The van der Waals surface area contributed by atoms with Gasteiger partial charge in [0, 0.05) is 11.1 Å². The molecule has 0 saturated heterocycles. The van der Waals surface area contributed by atoms with Crippen LogP contribution in [0.1, 0.15) is 23.7 Å². The summed E-state index contributed by atoms with van der Waals surface area (Å²) in [5.74, 6) is -1.55. The fraction of sp³-hybridized carbons (Fsp3) is 0.300. The van der Waals surface area contributed by atoms with E-state index in [0.29, 0.717) is 0 Å². The molecule has 1 unspecified atom stereocenters. The number of phenolic OH excluding ortho intramolecular Hbond substituents is 1. The minimum Gasteiger partial charge on any atom is -0.508 e. The predicted octanol–water partition coefficient (Wildman–Crippen LogP) is 1.54. The third kappa shape index (κ3) is 2.46. The van der Waals surface area contributed by atoms with Crippen LogP contribution in [0, 0.1) is 0 Å². The van der Waals surface area contributed by atoms with E-state index in [1.54, 1.807) is 0 Å². The van der Waals surface area contributed by atoms with Crippen LogP contribution < -0.4 is 0 Å². The van der Waals surface area contributed by atoms with Crippen LogP contribution in [0.4, 0.5) is 8.78 Å². The summed E-state index contributed by atoms with van der Waals surface area (Å²) in [6, 6.07) is 2.87. The van der Waals surface area contributed by atoms with E-state index in [9.17, 15) is 23.8 Å². The summed E-state index contributed by atoms with van der Waals surface area (Å²) in [6.45, 7) is 0. The largest absolute Gasteiger partial charge is 0.508 e. The first kappa shape index (κ1) is 12.4. The number of hydrogen-bond acceptors (Lipinski definition) is 4. The van der Waals surface area contributed by atoms with E-state index in [1.165, 1.54) is 0 Å². The molecule has 88 valence electrons. The van der Waals surface area contributed by atoms with Crippen molar-refractivity contribution in [3.63, 3.8) is 0 Å². The molecule has 0 heterocycles. The molecule has 0 amide bonds. The number of carbonyl (C=O) groups excluding carboxylic acids is 1. The average Bonchev–Trinajstić information content (AvgIpc) is 2.26. The number of ether oxygens (including phenoxy) is 1. The van der Waals surface area contributed by atoms with Gasteiger partial charge < -0.3 is 14.9 Å². The Kier molecular flexibility index (Phi) is 3.78. The van der Waals surface area contributed by atoms with Gasteiger partial charge in [0.05, 0.1) is 7.11 Å². The number of hydrogen-bond donors (Lipinski definition) is 2. The van der Waals surface area contributed by atoms with Crippen molar-refractivity contribution in [3.8, 4) is 5.75 Å². The van der Waals surface area contributed by atoms with Gasteiger partial charge in [0.25, 0.3) is 6.43 Å². The molecule has 2 N–H and O–H groups in total. The second-order valence-electron chi connectivity index (χ2n) is 3.04. The number of carbonyl (C=O) groups is 1. The topological polar surface area (TPSA) is 66.8 Å². The van der Waals surface area contributed by atoms with Crippen LogP contribution in [0.2, 0.25) is 0 Å². The average molecular weight is 232 g/mol. The number of halogens is 2. The molecule has 16 heavy (non-hydrogen) atoms. The van der Waals surface area contributed by atoms with E-state index in [1.807, 2.05) is 0 Å². The van der Waals surface area contributed by atoms with Gasteiger partial charge in [0.1, 0.15) is 5.75 Å². The highest BCUT2D eigenvalue weighted by Gasteiger charge is 2.22. The van der Waals surface area contributed by atoms with Crippen LogP contribution in [-0.2, 0) is 9.53 Å². The summed E-state index contributed by atoms with van der Waals surface area (Å²) >= 11 is 0. The number of benzene rings is 1. The first-order chi connectivity index (χ1) is 7.47. The van der Waals surface area contributed by atoms with Crippen LogP contribution in [0.3, 0.4) is 0 Å². The molecule has 1 aromatic rings. The van der Waals surface area contributed by atoms with Crippen LogP contribution in [0.5, 0.6) is 5.75 Å². The number of aliphatic hydroxyl groups excluding tert-OH is 1. The normalized spacial score (nSPS) is 12.6. The molecule has 0 aliphatic carbocycles. The van der Waals surface area contributed by atoms with Crippen molar-refractivity contribution in [3.05, 3.63) is 29.3 Å². The molecule has 0 aliphatic heterocycles. The van der Waals surface area contributed by atoms with Crippen molar-refractivity contribution in [1.29, 1.82) is 0 Å². The molecule has 0 bridgehead atoms. The molecule has 1 rings (SSSR count). The lowest BCUT2D eigenvalue weighted by Gasteiger charge is -2.11.